The molecule has 0 amide bonds. The number of unbranched alkanes of at least 4 members (excludes halogenated alkanes) is 11. The fraction of sp³-hybridized carbons (Fsp3) is 0.833. The van der Waals surface area contributed by atoms with Gasteiger partial charge in [-0.25, -0.2) is 0 Å². The van der Waals surface area contributed by atoms with E-state index in [1.807, 2.05) is 6.92 Å². The van der Waals surface area contributed by atoms with E-state index in [-0.39, 0.29) is 19.1 Å². The number of esters is 1. The molecule has 0 radical (unpaired) electrons. The molecule has 0 spiro atoms. The van der Waals surface area contributed by atoms with Crippen LogP contribution >= 0.6 is 0 Å². The number of allylic oxidation sites excluding steroid dienone is 2. The van der Waals surface area contributed by atoms with E-state index >= 15 is 0 Å². The van der Waals surface area contributed by atoms with Crippen molar-refractivity contribution in [3.8, 4) is 0 Å². The molecule has 0 aliphatic carbocycles. The second-order valence-electron chi connectivity index (χ2n) is 11.2. The highest BCUT2D eigenvalue weighted by Crippen LogP contribution is 2.10. The largest absolute Gasteiger partial charge is 0.544 e. The third-order valence-corrected chi connectivity index (χ3v) is 5.38. The molecule has 0 fully saturated rings. The summed E-state index contributed by atoms with van der Waals surface area (Å²) < 4.78 is 5.47. The van der Waals surface area contributed by atoms with Crippen molar-refractivity contribution in [2.45, 2.75) is 116 Å². The van der Waals surface area contributed by atoms with Crippen LogP contribution in [0, 0.1) is 0 Å². The minimum Gasteiger partial charge on any atom is -0.544 e. The van der Waals surface area contributed by atoms with Crippen LogP contribution in [0.3, 0.4) is 0 Å². The van der Waals surface area contributed by atoms with E-state index in [9.17, 15) is 19.5 Å². The van der Waals surface area contributed by atoms with E-state index < -0.39 is 18.2 Å². The van der Waals surface area contributed by atoms with E-state index in [2.05, 4.69) is 19.1 Å². The molecule has 3 N–H and O–H groups in total. The predicted octanol–water partition coefficient (Wildman–Crippen LogP) is 4.34. The summed E-state index contributed by atoms with van der Waals surface area (Å²) in [6.07, 6.45) is 21.9. The lowest BCUT2D eigenvalue weighted by molar-refractivity contribution is -0.864. The lowest BCUT2D eigenvalue weighted by atomic mass is 10.1. The zero-order valence-corrected chi connectivity index (χ0v) is 26.2. The fourth-order valence-corrected chi connectivity index (χ4v) is 3.31. The molecule has 0 saturated carbocycles. The van der Waals surface area contributed by atoms with Crippen molar-refractivity contribution in [1.82, 2.24) is 4.90 Å². The summed E-state index contributed by atoms with van der Waals surface area (Å²) in [6.45, 7) is 4.36. The molecular weight excluding hydrogens is 498 g/mol. The standard InChI is InChI=1S/C21H41NO2.C5H11NO2.C4H9NO2/c1-3-5-6-7-8-9-10-11-12-13-14-15-16-17-18-19-21(23)24-20(22)4-2;1-6(2,3)4-5(7)8;1-5(2)3-4(6)7/h11-12,20H,3-10,13-19,22H2,1-2H3;4H2,1-3H3;3H2,1-2H3,(H,6,7)/b12-11-;;. The minimum absolute atomic E-state index is 0.0694. The van der Waals surface area contributed by atoms with Crippen LogP contribution in [-0.2, 0) is 19.1 Å². The molecule has 232 valence electrons. The van der Waals surface area contributed by atoms with Crippen molar-refractivity contribution >= 4 is 17.9 Å². The van der Waals surface area contributed by atoms with Crippen LogP contribution in [0.5, 0.6) is 0 Å². The van der Waals surface area contributed by atoms with Crippen molar-refractivity contribution in [2.24, 2.45) is 5.73 Å². The van der Waals surface area contributed by atoms with Gasteiger partial charge < -0.3 is 24.2 Å². The average Bonchev–Trinajstić information content (AvgIpc) is 2.79. The Morgan fingerprint density at radius 3 is 1.67 bits per heavy atom. The molecule has 0 aliphatic rings. The van der Waals surface area contributed by atoms with E-state index in [4.69, 9.17) is 15.6 Å². The van der Waals surface area contributed by atoms with Gasteiger partial charge in [-0.3, -0.25) is 20.2 Å². The summed E-state index contributed by atoms with van der Waals surface area (Å²) in [4.78, 5) is 32.7. The van der Waals surface area contributed by atoms with Gasteiger partial charge in [0.2, 0.25) is 0 Å². The van der Waals surface area contributed by atoms with Crippen LogP contribution in [0.15, 0.2) is 12.2 Å². The number of carboxylic acids is 2. The smallest absolute Gasteiger partial charge is 0.317 e. The van der Waals surface area contributed by atoms with Crippen LogP contribution in [0.1, 0.15) is 110 Å². The Kier molecular flexibility index (Phi) is 30.9. The summed E-state index contributed by atoms with van der Waals surface area (Å²) >= 11 is 0. The van der Waals surface area contributed by atoms with E-state index in [0.29, 0.717) is 17.3 Å². The highest BCUT2D eigenvalue weighted by molar-refractivity contribution is 5.69. The number of carboxylic acid groups (broad SMARTS) is 2. The van der Waals surface area contributed by atoms with Crippen molar-refractivity contribution < 1.29 is 33.8 Å². The van der Waals surface area contributed by atoms with Gasteiger partial charge in [-0.15, -0.1) is 0 Å². The first kappa shape index (κ1) is 41.5. The Hall–Kier alpha value is -1.97. The molecule has 9 heteroatoms. The van der Waals surface area contributed by atoms with Gasteiger partial charge in [-0.2, -0.15) is 0 Å². The number of carbonyl (C=O) groups excluding carboxylic acids is 2. The van der Waals surface area contributed by atoms with E-state index in [0.717, 1.165) is 12.8 Å². The maximum absolute atomic E-state index is 11.4. The number of nitrogens with two attached hydrogens (primary N) is 1. The first-order chi connectivity index (χ1) is 18.2. The van der Waals surface area contributed by atoms with Crippen LogP contribution in [-0.4, -0.2) is 87.0 Å². The molecule has 39 heavy (non-hydrogen) atoms. The molecule has 0 aromatic heterocycles. The van der Waals surface area contributed by atoms with Crippen LogP contribution in [0.4, 0.5) is 0 Å². The molecule has 1 atom stereocenters. The van der Waals surface area contributed by atoms with Gasteiger partial charge in [0.15, 0.2) is 6.23 Å². The van der Waals surface area contributed by atoms with Gasteiger partial charge in [-0.1, -0.05) is 77.4 Å². The maximum Gasteiger partial charge on any atom is 0.317 e. The molecule has 0 aromatic rings. The monoisotopic (exact) mass is 559 g/mol. The number of ether oxygens (including phenoxy) is 1. The molecule has 9 nitrogen and oxygen atoms in total. The van der Waals surface area contributed by atoms with Crippen LogP contribution in [0.25, 0.3) is 0 Å². The summed E-state index contributed by atoms with van der Waals surface area (Å²) in [5, 5.41) is 17.9. The van der Waals surface area contributed by atoms with E-state index in [1.165, 1.54) is 70.6 Å². The van der Waals surface area contributed by atoms with Gasteiger partial charge >= 0.3 is 11.9 Å². The predicted molar refractivity (Wildman–Crippen MR) is 158 cm³/mol. The minimum atomic E-state index is -1.00. The number of hydrogen-bond acceptors (Lipinski definition) is 7. The zero-order valence-electron chi connectivity index (χ0n) is 26.2. The van der Waals surface area contributed by atoms with Gasteiger partial charge in [0, 0.05) is 6.42 Å². The number of aliphatic carboxylic acids is 2. The van der Waals surface area contributed by atoms with Crippen LogP contribution < -0.4 is 10.8 Å². The molecule has 1 unspecified atom stereocenters. The molecule has 0 rings (SSSR count). The number of rotatable bonds is 21. The second kappa shape index (κ2) is 29.0. The van der Waals surface area contributed by atoms with Gasteiger partial charge in [0.25, 0.3) is 0 Å². The molecule has 0 aromatic carbocycles. The van der Waals surface area contributed by atoms with Crippen molar-refractivity contribution in [2.75, 3.05) is 48.3 Å². The van der Waals surface area contributed by atoms with Crippen LogP contribution in [0.2, 0.25) is 0 Å². The number of nitrogens with zero attached hydrogens (tertiary/aromatic N) is 2. The Labute approximate surface area is 239 Å². The molecule has 0 aliphatic heterocycles. The van der Waals surface area contributed by atoms with Gasteiger partial charge in [0.1, 0.15) is 6.54 Å². The first-order valence-corrected chi connectivity index (χ1v) is 14.7. The second-order valence-corrected chi connectivity index (χ2v) is 11.2. The molecule has 0 heterocycles. The normalized spacial score (nSPS) is 11.8. The number of carbonyl (C=O) groups is 3. The van der Waals surface area contributed by atoms with Gasteiger partial charge in [-0.05, 0) is 52.6 Å². The summed E-state index contributed by atoms with van der Waals surface area (Å²) in [5.41, 5.74) is 5.58. The van der Waals surface area contributed by atoms with Crippen molar-refractivity contribution in [3.05, 3.63) is 12.2 Å². The Bertz CT molecular complexity index is 618. The Balaban J connectivity index is -0.000000701. The number of hydrogen-bond donors (Lipinski definition) is 2. The summed E-state index contributed by atoms with van der Waals surface area (Å²) in [6, 6.07) is 0. The highest BCUT2D eigenvalue weighted by atomic mass is 16.6. The third kappa shape index (κ3) is 46.3. The van der Waals surface area contributed by atoms with E-state index in [1.54, 1.807) is 40.1 Å². The van der Waals surface area contributed by atoms with Gasteiger partial charge in [0.05, 0.1) is 33.7 Å². The van der Waals surface area contributed by atoms with Crippen molar-refractivity contribution in [3.63, 3.8) is 0 Å². The lowest BCUT2D eigenvalue weighted by Gasteiger charge is -2.23. The first-order valence-electron chi connectivity index (χ1n) is 14.7. The SMILES string of the molecule is CCCCCCCC/C=C\CCCCCCCC(=O)OC(N)CC.CN(C)CC(=O)O.C[N+](C)(C)CC(=O)[O-]. The summed E-state index contributed by atoms with van der Waals surface area (Å²) in [5.74, 6) is -1.94. The molecule has 0 saturated heterocycles. The number of quaternary nitrogens is 1. The Morgan fingerprint density at radius 1 is 0.872 bits per heavy atom. The maximum atomic E-state index is 11.4. The molecule has 0 bridgehead atoms. The van der Waals surface area contributed by atoms with Crippen molar-refractivity contribution in [1.29, 1.82) is 0 Å². The Morgan fingerprint density at radius 2 is 1.33 bits per heavy atom. The highest BCUT2D eigenvalue weighted by Gasteiger charge is 2.07. The zero-order chi connectivity index (χ0) is 30.5. The lowest BCUT2D eigenvalue weighted by Crippen LogP contribution is -2.45. The topological polar surface area (TPSA) is 133 Å². The average molecular weight is 560 g/mol. The summed E-state index contributed by atoms with van der Waals surface area (Å²) in [7, 11) is 8.84. The fourth-order valence-electron chi connectivity index (χ4n) is 3.31. The third-order valence-electron chi connectivity index (χ3n) is 5.38. The number of likely N-dealkylation sites (N-methyl/N-ethyl adjacent to an activating group) is 2. The molecular formula is C30H61N3O6. The quantitative estimate of drug-likeness (QED) is 0.0698.